The van der Waals surface area contributed by atoms with E-state index in [1.54, 1.807) is 0 Å². The average Bonchev–Trinajstić information content (AvgIpc) is 3.20. The van der Waals surface area contributed by atoms with Gasteiger partial charge in [-0.15, -0.1) is 0 Å². The van der Waals surface area contributed by atoms with Crippen molar-refractivity contribution in [1.29, 1.82) is 0 Å². The van der Waals surface area contributed by atoms with Crippen molar-refractivity contribution in [3.05, 3.63) is 117 Å². The van der Waals surface area contributed by atoms with Crippen LogP contribution in [0.2, 0.25) is 0 Å². The van der Waals surface area contributed by atoms with Gasteiger partial charge in [-0.3, -0.25) is 0 Å². The monoisotopic (exact) mass is 996 g/mol. The van der Waals surface area contributed by atoms with Crippen LogP contribution in [0.1, 0.15) is 138 Å². The summed E-state index contributed by atoms with van der Waals surface area (Å²) in [7, 11) is 0.224. The number of rotatable bonds is 13. The fourth-order valence-corrected chi connectivity index (χ4v) is 34.9. The van der Waals surface area contributed by atoms with Crippen LogP contribution in [0.25, 0.3) is 0 Å². The average molecular weight is 993 g/mol. The molecular weight excluding hydrogens is 913 g/mol. The van der Waals surface area contributed by atoms with Crippen LogP contribution in [0.5, 0.6) is 0 Å². The van der Waals surface area contributed by atoms with Crippen LogP contribution in [-0.2, 0) is 0 Å². The Balaban J connectivity index is 1.42. The van der Waals surface area contributed by atoms with E-state index < -0.39 is 30.0 Å². The number of para-hydroxylation sites is 4. The molecule has 2 saturated heterocycles. The van der Waals surface area contributed by atoms with Gasteiger partial charge in [0.1, 0.15) is 0 Å². The molecule has 0 N–H and O–H groups in total. The Morgan fingerprint density at radius 3 is 0.831 bits per heavy atom. The minimum absolute atomic E-state index is 0.112. The fourth-order valence-electron chi connectivity index (χ4n) is 14.4. The molecule has 0 aromatic heterocycles. The van der Waals surface area contributed by atoms with Gasteiger partial charge in [0.05, 0.1) is 0 Å². The van der Waals surface area contributed by atoms with Crippen molar-refractivity contribution >= 4 is 67.0 Å². The first-order chi connectivity index (χ1) is 30.9. The van der Waals surface area contributed by atoms with Crippen molar-refractivity contribution in [3.63, 3.8) is 0 Å². The Bertz CT molecular complexity index is 2010. The first-order valence-corrected chi connectivity index (χ1v) is 31.0. The molecule has 344 valence electrons. The van der Waals surface area contributed by atoms with E-state index in [1.165, 1.54) is 106 Å². The summed E-state index contributed by atoms with van der Waals surface area (Å²) < 4.78 is 16.2. The molecule has 6 fully saturated rings. The van der Waals surface area contributed by atoms with E-state index in [4.69, 9.17) is 0 Å². The number of hydrogen-bond acceptors (Lipinski definition) is 7. The minimum atomic E-state index is -2.83. The Morgan fingerprint density at radius 2 is 0.631 bits per heavy atom. The second-order valence-corrected chi connectivity index (χ2v) is 32.9. The molecule has 65 heavy (non-hydrogen) atoms. The van der Waals surface area contributed by atoms with Crippen molar-refractivity contribution in [2.24, 2.45) is 17.8 Å². The molecular formula is C54H79B2Ge2N7. The van der Waals surface area contributed by atoms with E-state index >= 15 is 0 Å². The molecule has 2 aliphatic heterocycles. The second kappa shape index (κ2) is 17.9. The molecule has 0 unspecified atom stereocenters. The summed E-state index contributed by atoms with van der Waals surface area (Å²) in [5, 5.41) is 0. The number of anilines is 4. The van der Waals surface area contributed by atoms with Gasteiger partial charge in [-0.25, -0.2) is 0 Å². The van der Waals surface area contributed by atoms with Crippen molar-refractivity contribution in [2.45, 2.75) is 179 Å². The Labute approximate surface area is 406 Å². The van der Waals surface area contributed by atoms with Crippen LogP contribution < -0.4 is 15.1 Å². The third kappa shape index (κ3) is 7.76. The first-order valence-electron chi connectivity index (χ1n) is 25.4. The van der Waals surface area contributed by atoms with Crippen LogP contribution in [0.15, 0.2) is 72.8 Å². The van der Waals surface area contributed by atoms with E-state index in [1.807, 2.05) is 0 Å². The Morgan fingerprint density at radius 1 is 0.415 bits per heavy atom. The van der Waals surface area contributed by atoms with Crippen LogP contribution in [0, 0.1) is 73.1 Å². The molecule has 0 atom stereocenters. The van der Waals surface area contributed by atoms with Crippen LogP contribution in [-0.4, -0.2) is 86.4 Å². The SMILES string of the molecule is Cc1cccc(C)c1[N]1B(N(C(C)C)C(C)C)[N](c2c(C)cccc2C)[Ge]1[N]([Ge]1[N](c2c(C)cccc2C)B(N(C(C)C)C(C)C)[N]1c1c(C)cccc1C)C12CC3CC(CC(C3)C1)C2. The number of nitrogens with zero attached hydrogens (tertiary/aromatic N) is 7. The van der Waals surface area contributed by atoms with E-state index in [2.05, 4.69) is 211 Å². The van der Waals surface area contributed by atoms with Crippen LogP contribution in [0.3, 0.4) is 0 Å². The summed E-state index contributed by atoms with van der Waals surface area (Å²) in [4.78, 5) is 5.73. The van der Waals surface area contributed by atoms with Gasteiger partial charge < -0.3 is 0 Å². The Kier molecular flexibility index (Phi) is 13.0. The number of benzene rings is 4. The van der Waals surface area contributed by atoms with E-state index in [0.717, 1.165) is 17.8 Å². The molecule has 4 saturated carbocycles. The third-order valence-corrected chi connectivity index (χ3v) is 31.8. The molecule has 4 bridgehead atoms. The summed E-state index contributed by atoms with van der Waals surface area (Å²) in [6.07, 6.45) is 8.36. The zero-order valence-electron chi connectivity index (χ0n) is 43.0. The molecule has 10 rings (SSSR count). The summed E-state index contributed by atoms with van der Waals surface area (Å²) in [6.45, 7) is 38.9. The molecule has 4 aliphatic carbocycles. The summed E-state index contributed by atoms with van der Waals surface area (Å²) >= 11 is -5.65. The third-order valence-electron chi connectivity index (χ3n) is 16.3. The van der Waals surface area contributed by atoms with Crippen molar-refractivity contribution in [3.8, 4) is 0 Å². The fraction of sp³-hybridized carbons (Fsp3) is 0.556. The van der Waals surface area contributed by atoms with E-state index in [9.17, 15) is 0 Å². The predicted octanol–water partition coefficient (Wildman–Crippen LogP) is 12.0. The topological polar surface area (TPSA) is 22.7 Å². The maximum absolute atomic E-state index is 3.55. The molecule has 6 aliphatic rings. The number of aryl methyl sites for hydroxylation is 8. The van der Waals surface area contributed by atoms with Gasteiger partial charge in [0.15, 0.2) is 0 Å². The second-order valence-electron chi connectivity index (χ2n) is 22.5. The molecule has 2 radical (unpaired) electrons. The molecule has 0 spiro atoms. The quantitative estimate of drug-likeness (QED) is 0.123. The molecule has 4 aromatic rings. The van der Waals surface area contributed by atoms with E-state index in [0.29, 0.717) is 24.2 Å². The van der Waals surface area contributed by atoms with Crippen LogP contribution in [0.4, 0.5) is 22.7 Å². The maximum atomic E-state index is 3.55. The molecule has 0 amide bonds. The van der Waals surface area contributed by atoms with Gasteiger partial charge in [0, 0.05) is 0 Å². The summed E-state index contributed by atoms with van der Waals surface area (Å²) in [5.41, 5.74) is 17.5. The van der Waals surface area contributed by atoms with Gasteiger partial charge in [0.2, 0.25) is 0 Å². The zero-order chi connectivity index (χ0) is 46.5. The van der Waals surface area contributed by atoms with Crippen molar-refractivity contribution in [1.82, 2.24) is 12.4 Å². The van der Waals surface area contributed by atoms with Crippen molar-refractivity contribution < 1.29 is 0 Å². The van der Waals surface area contributed by atoms with Crippen LogP contribution >= 0.6 is 0 Å². The number of hydrogen-bond donors (Lipinski definition) is 0. The van der Waals surface area contributed by atoms with Gasteiger partial charge in [-0.2, -0.15) is 0 Å². The molecule has 2 heterocycles. The van der Waals surface area contributed by atoms with Gasteiger partial charge in [0.25, 0.3) is 0 Å². The van der Waals surface area contributed by atoms with Gasteiger partial charge in [-0.05, 0) is 0 Å². The van der Waals surface area contributed by atoms with Gasteiger partial charge in [-0.1, -0.05) is 0 Å². The summed E-state index contributed by atoms with van der Waals surface area (Å²) in [5.74, 6) is 2.47. The molecule has 11 heteroatoms. The normalized spacial score (nSPS) is 23.6. The standard InChI is InChI=1S/C54H79B2Ge2N7/c1-35(2)59(36(3)4)55-61(50-39(9)21-17-22-40(50)10)57(62(55)51-41(11)23-18-24-42(51)12)65(54-32-47-29-48(33-54)31-49(30-47)34-54)58-63(52-43(13)25-19-26-44(52)14)56(60(37(5)6)38(7)8)64(58)53-45(15)27-20-28-46(53)16/h17-28,35-38,47-49H,29-34H2,1-16H3. The molecule has 7 nitrogen and oxygen atoms in total. The zero-order valence-corrected chi connectivity index (χ0v) is 47.2. The molecule has 4 aromatic carbocycles. The predicted molar refractivity (Wildman–Crippen MR) is 284 cm³/mol. The Hall–Kier alpha value is -2.82. The first kappa shape index (κ1) is 47.3. The van der Waals surface area contributed by atoms with Crippen molar-refractivity contribution in [2.75, 3.05) is 15.1 Å². The van der Waals surface area contributed by atoms with Gasteiger partial charge >= 0.3 is 409 Å². The summed E-state index contributed by atoms with van der Waals surface area (Å²) in [6, 6.07) is 30.0. The van der Waals surface area contributed by atoms with E-state index in [-0.39, 0.29) is 19.8 Å².